The highest BCUT2D eigenvalue weighted by molar-refractivity contribution is 7.99. The Morgan fingerprint density at radius 1 is 1.47 bits per heavy atom. The van der Waals surface area contributed by atoms with Crippen molar-refractivity contribution in [1.82, 2.24) is 9.88 Å². The molecule has 0 spiro atoms. The summed E-state index contributed by atoms with van der Waals surface area (Å²) in [6, 6.07) is 3.56. The summed E-state index contributed by atoms with van der Waals surface area (Å²) in [6.07, 6.45) is 2.02. The molecule has 100 valence electrons. The molecule has 1 saturated heterocycles. The van der Waals surface area contributed by atoms with E-state index in [1.54, 1.807) is 18.3 Å². The molecule has 0 unspecified atom stereocenters. The van der Waals surface area contributed by atoms with Crippen LogP contribution in [-0.4, -0.2) is 52.1 Å². The van der Waals surface area contributed by atoms with Crippen molar-refractivity contribution in [2.45, 2.75) is 6.42 Å². The Labute approximate surface area is 117 Å². The van der Waals surface area contributed by atoms with Gasteiger partial charge in [0, 0.05) is 37.2 Å². The molecule has 4 nitrogen and oxygen atoms in total. The van der Waals surface area contributed by atoms with E-state index in [0.717, 1.165) is 24.6 Å². The number of carbonyl (C=O) groups is 1. The highest BCUT2D eigenvalue weighted by Crippen LogP contribution is 2.14. The number of rotatable bonds is 2. The van der Waals surface area contributed by atoms with Gasteiger partial charge in [-0.15, -0.1) is 0 Å². The van der Waals surface area contributed by atoms with Crippen molar-refractivity contribution in [3.8, 4) is 11.8 Å². The molecule has 0 bridgehead atoms. The fourth-order valence-electron chi connectivity index (χ4n) is 1.81. The van der Waals surface area contributed by atoms with Gasteiger partial charge in [0.15, 0.2) is 0 Å². The van der Waals surface area contributed by atoms with Crippen LogP contribution in [0.4, 0.5) is 0 Å². The maximum Gasteiger partial charge on any atom is 0.273 e. The first-order chi connectivity index (χ1) is 9.33. The van der Waals surface area contributed by atoms with Crippen LogP contribution in [0.15, 0.2) is 18.3 Å². The Balaban J connectivity index is 2.19. The van der Waals surface area contributed by atoms with Crippen molar-refractivity contribution < 1.29 is 9.90 Å². The summed E-state index contributed by atoms with van der Waals surface area (Å²) in [6.45, 7) is 1.56. The summed E-state index contributed by atoms with van der Waals surface area (Å²) in [4.78, 5) is 18.4. The van der Waals surface area contributed by atoms with Crippen LogP contribution in [0.25, 0.3) is 0 Å². The molecule has 2 rings (SSSR count). The monoisotopic (exact) mass is 276 g/mol. The van der Waals surface area contributed by atoms with E-state index in [1.165, 1.54) is 0 Å². The number of carbonyl (C=O) groups excluding carboxylic acids is 1. The number of amides is 1. The number of hydrogen-bond donors (Lipinski definition) is 1. The van der Waals surface area contributed by atoms with E-state index in [4.69, 9.17) is 5.11 Å². The molecule has 0 radical (unpaired) electrons. The van der Waals surface area contributed by atoms with Gasteiger partial charge in [-0.1, -0.05) is 11.8 Å². The summed E-state index contributed by atoms with van der Waals surface area (Å²) in [5.74, 6) is 7.65. The molecule has 1 amide bonds. The molecule has 5 heteroatoms. The van der Waals surface area contributed by atoms with Gasteiger partial charge in [-0.05, 0) is 12.1 Å². The van der Waals surface area contributed by atoms with Gasteiger partial charge in [0.25, 0.3) is 5.91 Å². The number of hydrogen-bond acceptors (Lipinski definition) is 4. The Hall–Kier alpha value is -1.51. The van der Waals surface area contributed by atoms with Crippen molar-refractivity contribution in [1.29, 1.82) is 0 Å². The van der Waals surface area contributed by atoms with E-state index in [9.17, 15) is 4.79 Å². The highest BCUT2D eigenvalue weighted by Gasteiger charge is 2.21. The lowest BCUT2D eigenvalue weighted by Crippen LogP contribution is -2.38. The third-order valence-corrected chi connectivity index (χ3v) is 3.71. The summed E-state index contributed by atoms with van der Waals surface area (Å²) in [5, 5.41) is 8.73. The third kappa shape index (κ3) is 3.72. The number of thioether (sulfide) groups is 1. The Morgan fingerprint density at radius 2 is 2.26 bits per heavy atom. The zero-order valence-electron chi connectivity index (χ0n) is 10.6. The molecular formula is C14H16N2O2S. The molecule has 1 aliphatic rings. The second kappa shape index (κ2) is 7.17. The second-order valence-electron chi connectivity index (χ2n) is 4.08. The zero-order valence-corrected chi connectivity index (χ0v) is 11.4. The van der Waals surface area contributed by atoms with E-state index < -0.39 is 0 Å². The molecule has 0 aromatic carbocycles. The van der Waals surface area contributed by atoms with E-state index in [1.807, 2.05) is 16.7 Å². The average molecular weight is 276 g/mol. The fraction of sp³-hybridized carbons (Fsp3) is 0.429. The SMILES string of the molecule is O=C(c1ncccc1C#CCCO)N1CCSCC1. The van der Waals surface area contributed by atoms with Crippen molar-refractivity contribution in [2.24, 2.45) is 0 Å². The lowest BCUT2D eigenvalue weighted by atomic mass is 10.1. The first-order valence-corrected chi connectivity index (χ1v) is 7.40. The van der Waals surface area contributed by atoms with Crippen LogP contribution in [0.2, 0.25) is 0 Å². The van der Waals surface area contributed by atoms with E-state index in [2.05, 4.69) is 16.8 Å². The average Bonchev–Trinajstić information content (AvgIpc) is 2.48. The van der Waals surface area contributed by atoms with Gasteiger partial charge in [0.2, 0.25) is 0 Å². The van der Waals surface area contributed by atoms with Crippen LogP contribution in [-0.2, 0) is 0 Å². The third-order valence-electron chi connectivity index (χ3n) is 2.77. The molecule has 1 aliphatic heterocycles. The number of pyridine rings is 1. The van der Waals surface area contributed by atoms with E-state index >= 15 is 0 Å². The topological polar surface area (TPSA) is 53.4 Å². The molecule has 1 N–H and O–H groups in total. The first kappa shape index (κ1) is 13.9. The molecule has 2 heterocycles. The Morgan fingerprint density at radius 3 is 3.00 bits per heavy atom. The van der Waals surface area contributed by atoms with Crippen LogP contribution in [0.3, 0.4) is 0 Å². The molecule has 19 heavy (non-hydrogen) atoms. The van der Waals surface area contributed by atoms with Gasteiger partial charge in [0.1, 0.15) is 5.69 Å². The highest BCUT2D eigenvalue weighted by atomic mass is 32.2. The van der Waals surface area contributed by atoms with Crippen LogP contribution in [0.1, 0.15) is 22.5 Å². The molecule has 1 fully saturated rings. The standard InChI is InChI=1S/C14H16N2O2S/c17-9-2-1-4-12-5-3-6-15-13(12)14(18)16-7-10-19-11-8-16/h3,5-6,17H,2,7-11H2. The summed E-state index contributed by atoms with van der Waals surface area (Å²) >= 11 is 1.86. The van der Waals surface area contributed by atoms with Crippen molar-refractivity contribution in [3.63, 3.8) is 0 Å². The first-order valence-electron chi connectivity index (χ1n) is 6.24. The quantitative estimate of drug-likeness (QED) is 0.819. The van der Waals surface area contributed by atoms with Crippen molar-refractivity contribution >= 4 is 17.7 Å². The van der Waals surface area contributed by atoms with Gasteiger partial charge >= 0.3 is 0 Å². The van der Waals surface area contributed by atoms with Crippen molar-refractivity contribution in [2.75, 3.05) is 31.2 Å². The summed E-state index contributed by atoms with van der Waals surface area (Å²) in [7, 11) is 0. The van der Waals surface area contributed by atoms with E-state index in [-0.39, 0.29) is 12.5 Å². The molecular weight excluding hydrogens is 260 g/mol. The van der Waals surface area contributed by atoms with Crippen LogP contribution < -0.4 is 0 Å². The normalized spacial score (nSPS) is 14.7. The minimum absolute atomic E-state index is 0.0277. The number of aliphatic hydroxyl groups is 1. The van der Waals surface area contributed by atoms with Crippen LogP contribution in [0, 0.1) is 11.8 Å². The van der Waals surface area contributed by atoms with Gasteiger partial charge < -0.3 is 10.0 Å². The predicted octanol–water partition coefficient (Wildman–Crippen LogP) is 1.00. The molecule has 0 saturated carbocycles. The summed E-state index contributed by atoms with van der Waals surface area (Å²) < 4.78 is 0. The predicted molar refractivity (Wildman–Crippen MR) is 76.0 cm³/mol. The molecule has 1 aromatic heterocycles. The van der Waals surface area contributed by atoms with Crippen LogP contribution in [0.5, 0.6) is 0 Å². The summed E-state index contributed by atoms with van der Waals surface area (Å²) in [5.41, 5.74) is 1.05. The minimum Gasteiger partial charge on any atom is -0.395 e. The minimum atomic E-state index is -0.0470. The maximum absolute atomic E-state index is 12.4. The van der Waals surface area contributed by atoms with Gasteiger partial charge in [0.05, 0.1) is 12.2 Å². The van der Waals surface area contributed by atoms with E-state index in [0.29, 0.717) is 17.7 Å². The molecule has 0 aliphatic carbocycles. The van der Waals surface area contributed by atoms with Gasteiger partial charge in [-0.25, -0.2) is 4.98 Å². The van der Waals surface area contributed by atoms with Crippen molar-refractivity contribution in [3.05, 3.63) is 29.6 Å². The number of nitrogens with zero attached hydrogens (tertiary/aromatic N) is 2. The molecule has 0 atom stereocenters. The lowest BCUT2D eigenvalue weighted by Gasteiger charge is -2.26. The Kier molecular flexibility index (Phi) is 5.25. The number of aliphatic hydroxyl groups excluding tert-OH is 1. The van der Waals surface area contributed by atoms with Crippen LogP contribution >= 0.6 is 11.8 Å². The number of aromatic nitrogens is 1. The largest absolute Gasteiger partial charge is 0.395 e. The zero-order chi connectivity index (χ0) is 13.5. The fourth-order valence-corrected chi connectivity index (χ4v) is 2.71. The molecule has 1 aromatic rings. The Bertz CT molecular complexity index is 502. The van der Waals surface area contributed by atoms with Gasteiger partial charge in [-0.3, -0.25) is 4.79 Å². The second-order valence-corrected chi connectivity index (χ2v) is 5.30. The lowest BCUT2D eigenvalue weighted by molar-refractivity contribution is 0.0766. The maximum atomic E-state index is 12.4. The van der Waals surface area contributed by atoms with Gasteiger partial charge in [-0.2, -0.15) is 11.8 Å². The smallest absolute Gasteiger partial charge is 0.273 e.